The summed E-state index contributed by atoms with van der Waals surface area (Å²) in [5, 5.41) is 0. The van der Waals surface area contributed by atoms with Crippen LogP contribution >= 0.6 is 0 Å². The van der Waals surface area contributed by atoms with Gasteiger partial charge in [-0.2, -0.15) is 0 Å². The molecule has 7 heavy (non-hydrogen) atoms. The highest BCUT2D eigenvalue weighted by atomic mass is 16.1. The van der Waals surface area contributed by atoms with Crippen LogP contribution in [-0.4, -0.2) is 6.29 Å². The van der Waals surface area contributed by atoms with Crippen molar-refractivity contribution in [2.24, 2.45) is 11.5 Å². The number of hydrogen-bond donors (Lipinski definition) is 2. The fourth-order valence-electron chi connectivity index (χ4n) is 0.164. The van der Waals surface area contributed by atoms with E-state index in [-0.39, 0.29) is 6.42 Å². The molecule has 0 aromatic carbocycles. The average molecular weight is 100 g/mol. The van der Waals surface area contributed by atoms with E-state index in [9.17, 15) is 4.79 Å². The molecule has 0 heterocycles. The monoisotopic (exact) mass is 100 g/mol. The Morgan fingerprint density at radius 2 is 2.29 bits per heavy atom. The lowest BCUT2D eigenvalue weighted by atomic mass is 10.4. The summed E-state index contributed by atoms with van der Waals surface area (Å²) >= 11 is 0. The molecule has 0 aromatic rings. The maximum absolute atomic E-state index is 9.60. The van der Waals surface area contributed by atoms with Crippen molar-refractivity contribution in [1.82, 2.24) is 0 Å². The molecule has 0 unspecified atom stereocenters. The molecule has 4 N–H and O–H groups in total. The predicted octanol–water partition coefficient (Wildman–Crippen LogP) is -0.666. The molecule has 0 aromatic heterocycles. The summed E-state index contributed by atoms with van der Waals surface area (Å²) in [4.78, 5) is 9.60. The quantitative estimate of drug-likeness (QED) is 0.452. The van der Waals surface area contributed by atoms with Gasteiger partial charge in [-0.25, -0.2) is 0 Å². The van der Waals surface area contributed by atoms with E-state index in [1.807, 2.05) is 0 Å². The van der Waals surface area contributed by atoms with Gasteiger partial charge in [-0.15, -0.1) is 0 Å². The van der Waals surface area contributed by atoms with Gasteiger partial charge in [0.1, 0.15) is 6.29 Å². The van der Waals surface area contributed by atoms with Crippen molar-refractivity contribution in [3.8, 4) is 0 Å². The lowest BCUT2D eigenvalue weighted by Gasteiger charge is -1.85. The first kappa shape index (κ1) is 6.01. The van der Waals surface area contributed by atoms with Crippen LogP contribution in [0.25, 0.3) is 0 Å². The molecule has 0 atom stereocenters. The first-order valence-corrected chi connectivity index (χ1v) is 1.91. The van der Waals surface area contributed by atoms with E-state index in [4.69, 9.17) is 11.5 Å². The minimum Gasteiger partial charge on any atom is -0.403 e. The molecule has 0 saturated heterocycles. The van der Waals surface area contributed by atoms with Crippen molar-refractivity contribution in [3.63, 3.8) is 0 Å². The van der Waals surface area contributed by atoms with Crippen molar-refractivity contribution in [2.45, 2.75) is 6.42 Å². The van der Waals surface area contributed by atoms with Gasteiger partial charge in [0.25, 0.3) is 0 Å². The standard InChI is InChI=1S/C4H8N2O/c5-3-4(6)1-2-7/h2-3H,1,5-6H2/b4-3-. The summed E-state index contributed by atoms with van der Waals surface area (Å²) in [6.45, 7) is 0. The molecule has 0 fully saturated rings. The number of aldehydes is 1. The smallest absolute Gasteiger partial charge is 0.125 e. The molecule has 0 saturated carbocycles. The lowest BCUT2D eigenvalue weighted by molar-refractivity contribution is -0.107. The molecular weight excluding hydrogens is 92.1 g/mol. The van der Waals surface area contributed by atoms with Crippen molar-refractivity contribution in [3.05, 3.63) is 11.9 Å². The Labute approximate surface area is 42.0 Å². The maximum Gasteiger partial charge on any atom is 0.125 e. The second-order valence-corrected chi connectivity index (χ2v) is 1.11. The first-order chi connectivity index (χ1) is 3.31. The number of allylic oxidation sites excluding steroid dienone is 1. The third kappa shape index (κ3) is 2.82. The highest BCUT2D eigenvalue weighted by Crippen LogP contribution is 1.80. The van der Waals surface area contributed by atoms with Gasteiger partial charge in [0.05, 0.1) is 0 Å². The number of carbonyl (C=O) groups excluding carboxylic acids is 1. The molecular formula is C4H8N2O. The van der Waals surface area contributed by atoms with Crippen LogP contribution in [0.15, 0.2) is 11.9 Å². The van der Waals surface area contributed by atoms with E-state index in [0.29, 0.717) is 12.0 Å². The molecule has 3 nitrogen and oxygen atoms in total. The lowest BCUT2D eigenvalue weighted by Crippen LogP contribution is -2.00. The Kier molecular flexibility index (Phi) is 2.76. The van der Waals surface area contributed by atoms with Gasteiger partial charge in [0, 0.05) is 18.3 Å². The van der Waals surface area contributed by atoms with Crippen LogP contribution in [-0.2, 0) is 4.79 Å². The Balaban J connectivity index is 3.36. The van der Waals surface area contributed by atoms with Crippen LogP contribution in [0.4, 0.5) is 0 Å². The maximum atomic E-state index is 9.60. The molecule has 40 valence electrons. The Morgan fingerprint density at radius 1 is 1.71 bits per heavy atom. The molecule has 0 spiro atoms. The fraction of sp³-hybridized carbons (Fsp3) is 0.250. The third-order valence-electron chi connectivity index (χ3n) is 0.533. The summed E-state index contributed by atoms with van der Waals surface area (Å²) in [5.74, 6) is 0. The van der Waals surface area contributed by atoms with E-state index < -0.39 is 0 Å². The summed E-state index contributed by atoms with van der Waals surface area (Å²) in [5.41, 5.74) is 10.4. The van der Waals surface area contributed by atoms with Crippen LogP contribution in [0.2, 0.25) is 0 Å². The number of hydrogen-bond acceptors (Lipinski definition) is 3. The van der Waals surface area contributed by atoms with Crippen molar-refractivity contribution < 1.29 is 4.79 Å². The second-order valence-electron chi connectivity index (χ2n) is 1.11. The molecule has 0 aliphatic rings. The van der Waals surface area contributed by atoms with Crippen molar-refractivity contribution in [2.75, 3.05) is 0 Å². The van der Waals surface area contributed by atoms with Gasteiger partial charge in [-0.05, 0) is 0 Å². The Hall–Kier alpha value is -0.990. The molecule has 3 heteroatoms. The fourth-order valence-corrected chi connectivity index (χ4v) is 0.164. The van der Waals surface area contributed by atoms with Gasteiger partial charge in [-0.1, -0.05) is 0 Å². The van der Waals surface area contributed by atoms with Gasteiger partial charge >= 0.3 is 0 Å². The summed E-state index contributed by atoms with van der Waals surface area (Å²) in [6, 6.07) is 0. The molecule has 0 bridgehead atoms. The first-order valence-electron chi connectivity index (χ1n) is 1.91. The molecule has 0 aliphatic carbocycles. The van der Waals surface area contributed by atoms with Crippen molar-refractivity contribution >= 4 is 6.29 Å². The SMILES string of the molecule is N/C=C(\N)CC=O. The predicted molar refractivity (Wildman–Crippen MR) is 27.1 cm³/mol. The summed E-state index contributed by atoms with van der Waals surface area (Å²) < 4.78 is 0. The van der Waals surface area contributed by atoms with Crippen molar-refractivity contribution in [1.29, 1.82) is 0 Å². The van der Waals surface area contributed by atoms with Crippen LogP contribution in [0.5, 0.6) is 0 Å². The highest BCUT2D eigenvalue weighted by Gasteiger charge is 1.80. The van der Waals surface area contributed by atoms with Gasteiger partial charge in [0.15, 0.2) is 0 Å². The van der Waals surface area contributed by atoms with E-state index in [2.05, 4.69) is 0 Å². The number of rotatable bonds is 2. The largest absolute Gasteiger partial charge is 0.403 e. The van der Waals surface area contributed by atoms with Crippen LogP contribution < -0.4 is 11.5 Å². The summed E-state index contributed by atoms with van der Waals surface area (Å²) in [7, 11) is 0. The van der Waals surface area contributed by atoms with Crippen LogP contribution in [0.1, 0.15) is 6.42 Å². The molecule has 0 radical (unpaired) electrons. The Bertz CT molecular complexity index is 87.7. The van der Waals surface area contributed by atoms with E-state index in [1.54, 1.807) is 0 Å². The van der Waals surface area contributed by atoms with E-state index in [1.165, 1.54) is 6.20 Å². The minimum absolute atomic E-state index is 0.233. The molecule has 0 amide bonds. The zero-order chi connectivity index (χ0) is 5.70. The normalized spacial score (nSPS) is 11.1. The highest BCUT2D eigenvalue weighted by molar-refractivity contribution is 5.53. The van der Waals surface area contributed by atoms with Gasteiger partial charge in [-0.3, -0.25) is 0 Å². The number of nitrogens with two attached hydrogens (primary N) is 2. The van der Waals surface area contributed by atoms with Crippen LogP contribution in [0, 0.1) is 0 Å². The van der Waals surface area contributed by atoms with Gasteiger partial charge < -0.3 is 16.3 Å². The van der Waals surface area contributed by atoms with Gasteiger partial charge in [0.2, 0.25) is 0 Å². The zero-order valence-electron chi connectivity index (χ0n) is 3.92. The summed E-state index contributed by atoms with van der Waals surface area (Å²) in [6.07, 6.45) is 2.16. The average Bonchev–Trinajstić information content (AvgIpc) is 1.68. The zero-order valence-corrected chi connectivity index (χ0v) is 3.92. The topological polar surface area (TPSA) is 69.1 Å². The third-order valence-corrected chi connectivity index (χ3v) is 0.533. The minimum atomic E-state index is 0.233. The van der Waals surface area contributed by atoms with Crippen LogP contribution in [0.3, 0.4) is 0 Å². The van der Waals surface area contributed by atoms with E-state index >= 15 is 0 Å². The molecule has 0 aliphatic heterocycles. The molecule has 0 rings (SSSR count). The number of carbonyl (C=O) groups is 1. The second kappa shape index (κ2) is 3.21. The Morgan fingerprint density at radius 3 is 2.43 bits per heavy atom. The van der Waals surface area contributed by atoms with E-state index in [0.717, 1.165) is 0 Å².